The Labute approximate surface area is 202 Å². The van der Waals surface area contributed by atoms with Gasteiger partial charge in [-0.1, -0.05) is 55.5 Å². The fourth-order valence-electron chi connectivity index (χ4n) is 6.80. The van der Waals surface area contributed by atoms with E-state index < -0.39 is 6.10 Å². The number of carbonyl (C=O) groups excluding carboxylic acids is 1. The van der Waals surface area contributed by atoms with Crippen LogP contribution in [-0.2, 0) is 9.53 Å². The zero-order valence-electron chi connectivity index (χ0n) is 20.4. The van der Waals surface area contributed by atoms with Crippen LogP contribution in [0.1, 0.15) is 39.0 Å². The minimum absolute atomic E-state index is 0.0256. The highest BCUT2D eigenvalue weighted by atomic mass is 16.6. The lowest BCUT2D eigenvalue weighted by molar-refractivity contribution is -0.146. The van der Waals surface area contributed by atoms with Crippen LogP contribution < -0.4 is 4.74 Å². The molecule has 0 amide bonds. The lowest BCUT2D eigenvalue weighted by Gasteiger charge is -2.50. The topological polar surface area (TPSA) is 59.0 Å². The summed E-state index contributed by atoms with van der Waals surface area (Å²) in [7, 11) is 1.97. The molecule has 34 heavy (non-hydrogen) atoms. The first-order chi connectivity index (χ1) is 16.3. The number of nitrogens with zero attached hydrogens (tertiary/aromatic N) is 1. The van der Waals surface area contributed by atoms with E-state index in [9.17, 15) is 9.90 Å². The number of benzene rings is 2. The molecular weight excluding hydrogens is 426 g/mol. The lowest BCUT2D eigenvalue weighted by atomic mass is 9.55. The molecule has 2 aliphatic carbocycles. The molecule has 5 nitrogen and oxygen atoms in total. The van der Waals surface area contributed by atoms with Gasteiger partial charge in [0, 0.05) is 24.4 Å². The predicted molar refractivity (Wildman–Crippen MR) is 134 cm³/mol. The van der Waals surface area contributed by atoms with Gasteiger partial charge in [-0.05, 0) is 61.9 Å². The Morgan fingerprint density at radius 1 is 1.26 bits per heavy atom. The van der Waals surface area contributed by atoms with Crippen LogP contribution in [0.5, 0.6) is 5.75 Å². The highest BCUT2D eigenvalue weighted by Gasteiger charge is 2.55. The highest BCUT2D eigenvalue weighted by Crippen LogP contribution is 2.56. The minimum atomic E-state index is -0.648. The number of ether oxygens (including phenoxy) is 2. The molecule has 3 fully saturated rings. The molecule has 0 spiro atoms. The van der Waals surface area contributed by atoms with Crippen molar-refractivity contribution < 1.29 is 19.4 Å². The predicted octanol–water partition coefficient (Wildman–Crippen LogP) is 4.83. The van der Waals surface area contributed by atoms with Crippen LogP contribution >= 0.6 is 0 Å². The molecule has 1 aliphatic heterocycles. The Morgan fingerprint density at radius 2 is 2.06 bits per heavy atom. The van der Waals surface area contributed by atoms with E-state index in [1.54, 1.807) is 0 Å². The zero-order valence-corrected chi connectivity index (χ0v) is 20.4. The van der Waals surface area contributed by atoms with Gasteiger partial charge in [0.1, 0.15) is 24.6 Å². The number of carbonyl (C=O) groups is 1. The van der Waals surface area contributed by atoms with Gasteiger partial charge in [0.2, 0.25) is 0 Å². The third kappa shape index (κ3) is 4.48. The van der Waals surface area contributed by atoms with Crippen molar-refractivity contribution in [3.63, 3.8) is 0 Å². The molecule has 5 heteroatoms. The first kappa shape index (κ1) is 23.4. The minimum Gasteiger partial charge on any atom is -0.490 e. The van der Waals surface area contributed by atoms with E-state index in [4.69, 9.17) is 9.47 Å². The molecular formula is C29H37NO4. The Balaban J connectivity index is 1.17. The molecule has 0 bridgehead atoms. The maximum Gasteiger partial charge on any atom is 0.310 e. The van der Waals surface area contributed by atoms with E-state index in [1.165, 1.54) is 18.4 Å². The number of hydrogen-bond acceptors (Lipinski definition) is 5. The maximum absolute atomic E-state index is 12.8. The number of rotatable bonds is 7. The second-order valence-electron chi connectivity index (χ2n) is 11.1. The van der Waals surface area contributed by atoms with Crippen molar-refractivity contribution in [3.05, 3.63) is 54.6 Å². The van der Waals surface area contributed by atoms with Crippen LogP contribution in [0.2, 0.25) is 0 Å². The van der Waals surface area contributed by atoms with Crippen molar-refractivity contribution in [2.24, 2.45) is 23.2 Å². The number of esters is 1. The van der Waals surface area contributed by atoms with Gasteiger partial charge in [0.25, 0.3) is 0 Å². The number of fused-ring (bicyclic) bond motifs is 3. The SMILES string of the molecule is C=C1CCC[C@]2(C)C[C@H]3OC(=O)[C@H](CN(C)C[C@H](O)COc4cccc5ccccc45)[C@H]3C[C@H]12. The van der Waals surface area contributed by atoms with Crippen molar-refractivity contribution in [3.8, 4) is 5.75 Å². The quantitative estimate of drug-likeness (QED) is 0.471. The summed E-state index contributed by atoms with van der Waals surface area (Å²) in [5.41, 5.74) is 1.58. The molecule has 1 heterocycles. The van der Waals surface area contributed by atoms with Crippen LogP contribution in [0.15, 0.2) is 54.6 Å². The third-order valence-electron chi connectivity index (χ3n) is 8.53. The fourth-order valence-corrected chi connectivity index (χ4v) is 6.80. The van der Waals surface area contributed by atoms with Crippen LogP contribution in [0.4, 0.5) is 0 Å². The average Bonchev–Trinajstić information content (AvgIpc) is 3.09. The summed E-state index contributed by atoms with van der Waals surface area (Å²) in [5, 5.41) is 12.8. The standard InChI is InChI=1S/C29H37NO4/c1-19-8-7-13-29(2)15-27-23(14-25(19)29)24(28(32)34-27)17-30(3)16-21(31)18-33-26-12-6-10-20-9-4-5-11-22(20)26/h4-6,9-12,21,23-25,27,31H,1,7-8,13-18H2,2-3H3/t21-,23+,24+,25+,27+,29+/m0/s1. The van der Waals surface area contributed by atoms with Crippen LogP contribution in [0, 0.1) is 23.2 Å². The summed E-state index contributed by atoms with van der Waals surface area (Å²) in [6, 6.07) is 14.0. The number of aliphatic hydroxyl groups is 1. The molecule has 2 saturated carbocycles. The molecule has 6 atom stereocenters. The number of hydrogen-bond donors (Lipinski definition) is 1. The molecule has 1 saturated heterocycles. The zero-order chi connectivity index (χ0) is 23.9. The van der Waals surface area contributed by atoms with Gasteiger partial charge in [0.15, 0.2) is 0 Å². The van der Waals surface area contributed by atoms with Crippen LogP contribution in [-0.4, -0.2) is 54.9 Å². The molecule has 1 N–H and O–H groups in total. The van der Waals surface area contributed by atoms with E-state index >= 15 is 0 Å². The monoisotopic (exact) mass is 463 g/mol. The van der Waals surface area contributed by atoms with Crippen molar-refractivity contribution in [2.75, 3.05) is 26.7 Å². The number of aliphatic hydroxyl groups excluding tert-OH is 1. The Kier molecular flexibility index (Phi) is 6.43. The molecule has 5 rings (SSSR count). The maximum atomic E-state index is 12.8. The summed E-state index contributed by atoms with van der Waals surface area (Å²) in [6.45, 7) is 7.99. The first-order valence-corrected chi connectivity index (χ1v) is 12.7. The highest BCUT2D eigenvalue weighted by molar-refractivity contribution is 5.88. The largest absolute Gasteiger partial charge is 0.490 e. The van der Waals surface area contributed by atoms with Gasteiger partial charge in [-0.15, -0.1) is 0 Å². The van der Waals surface area contributed by atoms with E-state index in [1.807, 2.05) is 37.4 Å². The smallest absolute Gasteiger partial charge is 0.310 e. The number of likely N-dealkylation sites (N-methyl/N-ethyl adjacent to an activating group) is 1. The molecule has 2 aromatic carbocycles. The van der Waals surface area contributed by atoms with Crippen molar-refractivity contribution in [2.45, 2.75) is 51.2 Å². The molecule has 0 radical (unpaired) electrons. The Hall–Kier alpha value is -2.37. The summed E-state index contributed by atoms with van der Waals surface area (Å²) < 4.78 is 11.9. The van der Waals surface area contributed by atoms with Gasteiger partial charge in [-0.2, -0.15) is 0 Å². The third-order valence-corrected chi connectivity index (χ3v) is 8.53. The van der Waals surface area contributed by atoms with E-state index in [0.29, 0.717) is 19.0 Å². The van der Waals surface area contributed by atoms with Gasteiger partial charge in [-0.25, -0.2) is 0 Å². The van der Waals surface area contributed by atoms with Crippen molar-refractivity contribution in [1.29, 1.82) is 0 Å². The number of allylic oxidation sites excluding steroid dienone is 1. The molecule has 0 aromatic heterocycles. The summed E-state index contributed by atoms with van der Waals surface area (Å²) in [5.74, 6) is 1.30. The second-order valence-corrected chi connectivity index (χ2v) is 11.1. The van der Waals surface area contributed by atoms with Gasteiger partial charge < -0.3 is 19.5 Å². The summed E-state index contributed by atoms with van der Waals surface area (Å²) in [4.78, 5) is 14.9. The lowest BCUT2D eigenvalue weighted by Crippen LogP contribution is -2.46. The average molecular weight is 464 g/mol. The van der Waals surface area contributed by atoms with E-state index in [0.717, 1.165) is 35.8 Å². The van der Waals surface area contributed by atoms with Gasteiger partial charge in [0.05, 0.1) is 5.92 Å². The van der Waals surface area contributed by atoms with E-state index in [2.05, 4.69) is 30.5 Å². The molecule has 0 unspecified atom stereocenters. The summed E-state index contributed by atoms with van der Waals surface area (Å²) in [6.07, 6.45) is 4.83. The van der Waals surface area contributed by atoms with Gasteiger partial charge >= 0.3 is 5.97 Å². The van der Waals surface area contributed by atoms with Crippen molar-refractivity contribution >= 4 is 16.7 Å². The van der Waals surface area contributed by atoms with E-state index in [-0.39, 0.29) is 35.9 Å². The Bertz CT molecular complexity index is 1060. The normalized spacial score (nSPS) is 31.8. The van der Waals surface area contributed by atoms with Crippen LogP contribution in [0.25, 0.3) is 10.8 Å². The summed E-state index contributed by atoms with van der Waals surface area (Å²) >= 11 is 0. The molecule has 182 valence electrons. The fraction of sp³-hybridized carbons (Fsp3) is 0.552. The second kappa shape index (κ2) is 9.35. The van der Waals surface area contributed by atoms with Crippen molar-refractivity contribution in [1.82, 2.24) is 4.90 Å². The van der Waals surface area contributed by atoms with Crippen LogP contribution in [0.3, 0.4) is 0 Å². The Morgan fingerprint density at radius 3 is 2.91 bits per heavy atom. The molecule has 2 aromatic rings. The first-order valence-electron chi connectivity index (χ1n) is 12.7. The molecule has 3 aliphatic rings. The van der Waals surface area contributed by atoms with Gasteiger partial charge in [-0.3, -0.25) is 4.79 Å².